The fraction of sp³-hybridized carbons (Fsp3) is 0.400. The van der Waals surface area contributed by atoms with Crippen molar-refractivity contribution in [1.82, 2.24) is 10.3 Å². The van der Waals surface area contributed by atoms with E-state index < -0.39 is 5.60 Å². The summed E-state index contributed by atoms with van der Waals surface area (Å²) >= 11 is 0. The van der Waals surface area contributed by atoms with Crippen LogP contribution in [0.15, 0.2) is 42.5 Å². The Morgan fingerprint density at radius 2 is 1.88 bits per heavy atom. The molecule has 0 bridgehead atoms. The van der Waals surface area contributed by atoms with E-state index in [0.29, 0.717) is 12.0 Å². The second-order valence-electron chi connectivity index (χ2n) is 6.91. The fourth-order valence-electron chi connectivity index (χ4n) is 2.43. The Balaban J connectivity index is 1.97. The van der Waals surface area contributed by atoms with E-state index in [1.165, 1.54) is 0 Å². The van der Waals surface area contributed by atoms with Crippen LogP contribution in [0.25, 0.3) is 0 Å². The molecule has 1 heterocycles. The third-order valence-electron chi connectivity index (χ3n) is 3.94. The van der Waals surface area contributed by atoms with Gasteiger partial charge in [-0.25, -0.2) is 0 Å². The second-order valence-corrected chi connectivity index (χ2v) is 6.91. The number of hydrogen-bond donors (Lipinski definition) is 2. The summed E-state index contributed by atoms with van der Waals surface area (Å²) in [5.41, 5.74) is 2.85. The van der Waals surface area contributed by atoms with Crippen LogP contribution in [0.4, 0.5) is 0 Å². The van der Waals surface area contributed by atoms with E-state index in [2.05, 4.69) is 10.3 Å². The van der Waals surface area contributed by atoms with Gasteiger partial charge in [0.2, 0.25) is 0 Å². The van der Waals surface area contributed by atoms with Crippen LogP contribution >= 0.6 is 0 Å². The number of nitrogens with one attached hydrogen (secondary N) is 1. The molecule has 1 aromatic carbocycles. The molecule has 0 spiro atoms. The van der Waals surface area contributed by atoms with Crippen molar-refractivity contribution in [2.75, 3.05) is 0 Å². The van der Waals surface area contributed by atoms with Gasteiger partial charge >= 0.3 is 0 Å². The van der Waals surface area contributed by atoms with Crippen molar-refractivity contribution >= 4 is 5.91 Å². The van der Waals surface area contributed by atoms with E-state index in [-0.39, 0.29) is 11.9 Å². The van der Waals surface area contributed by atoms with Gasteiger partial charge in [0.05, 0.1) is 17.3 Å². The van der Waals surface area contributed by atoms with E-state index in [1.54, 1.807) is 13.8 Å². The van der Waals surface area contributed by atoms with E-state index in [9.17, 15) is 9.90 Å². The number of aromatic nitrogens is 1. The summed E-state index contributed by atoms with van der Waals surface area (Å²) in [6.07, 6.45) is 1.48. The number of nitrogens with zero attached hydrogens (tertiary/aromatic N) is 1. The van der Waals surface area contributed by atoms with Gasteiger partial charge in [-0.15, -0.1) is 0 Å². The van der Waals surface area contributed by atoms with E-state index in [0.717, 1.165) is 23.4 Å². The van der Waals surface area contributed by atoms with Crippen LogP contribution in [0, 0.1) is 6.92 Å². The maximum atomic E-state index is 12.4. The SMILES string of the molecule is Cc1cccc([C@H](C)NC(=O)c2ccc(CCC(C)(C)O)cc2)n1. The van der Waals surface area contributed by atoms with Gasteiger partial charge in [-0.1, -0.05) is 18.2 Å². The van der Waals surface area contributed by atoms with Crippen molar-refractivity contribution in [3.05, 3.63) is 65.0 Å². The monoisotopic (exact) mass is 326 g/mol. The van der Waals surface area contributed by atoms with Gasteiger partial charge in [-0.2, -0.15) is 0 Å². The molecule has 0 aliphatic heterocycles. The Kier molecular flexibility index (Phi) is 5.73. The predicted octanol–water partition coefficient (Wildman–Crippen LogP) is 3.58. The van der Waals surface area contributed by atoms with Gasteiger partial charge in [-0.05, 0) is 70.4 Å². The summed E-state index contributed by atoms with van der Waals surface area (Å²) in [7, 11) is 0. The number of aliphatic hydroxyl groups is 1. The minimum atomic E-state index is -0.674. The summed E-state index contributed by atoms with van der Waals surface area (Å²) in [6, 6.07) is 13.2. The van der Waals surface area contributed by atoms with Crippen LogP contribution in [-0.2, 0) is 6.42 Å². The van der Waals surface area contributed by atoms with E-state index in [1.807, 2.05) is 56.3 Å². The summed E-state index contributed by atoms with van der Waals surface area (Å²) in [6.45, 7) is 7.47. The van der Waals surface area contributed by atoms with Gasteiger partial charge in [-0.3, -0.25) is 9.78 Å². The quantitative estimate of drug-likeness (QED) is 0.853. The zero-order valence-corrected chi connectivity index (χ0v) is 14.8. The number of amides is 1. The van der Waals surface area contributed by atoms with Crippen LogP contribution in [-0.4, -0.2) is 21.6 Å². The molecular formula is C20H26N2O2. The maximum absolute atomic E-state index is 12.4. The number of benzene rings is 1. The van der Waals surface area contributed by atoms with E-state index >= 15 is 0 Å². The number of carbonyl (C=O) groups excluding carboxylic acids is 1. The highest BCUT2D eigenvalue weighted by atomic mass is 16.3. The van der Waals surface area contributed by atoms with Gasteiger partial charge in [0.25, 0.3) is 5.91 Å². The Labute approximate surface area is 143 Å². The smallest absolute Gasteiger partial charge is 0.251 e. The standard InChI is InChI=1S/C20H26N2O2/c1-14-6-5-7-18(21-14)15(2)22-19(23)17-10-8-16(9-11-17)12-13-20(3,4)24/h5-11,15,24H,12-13H2,1-4H3,(H,22,23)/t15-/m0/s1. The molecule has 0 saturated heterocycles. The lowest BCUT2D eigenvalue weighted by Crippen LogP contribution is -2.27. The molecule has 0 unspecified atom stereocenters. The van der Waals surface area contributed by atoms with Crippen LogP contribution in [0.1, 0.15) is 60.5 Å². The molecule has 2 aromatic rings. The Morgan fingerprint density at radius 1 is 1.21 bits per heavy atom. The van der Waals surface area contributed by atoms with Crippen molar-refractivity contribution in [2.24, 2.45) is 0 Å². The average molecular weight is 326 g/mol. The summed E-state index contributed by atoms with van der Waals surface area (Å²) < 4.78 is 0. The first-order valence-electron chi connectivity index (χ1n) is 8.30. The molecule has 128 valence electrons. The Morgan fingerprint density at radius 3 is 2.46 bits per heavy atom. The lowest BCUT2D eigenvalue weighted by Gasteiger charge is -2.17. The number of carbonyl (C=O) groups is 1. The lowest BCUT2D eigenvalue weighted by molar-refractivity contribution is 0.0713. The normalized spacial score (nSPS) is 12.7. The zero-order chi connectivity index (χ0) is 17.7. The maximum Gasteiger partial charge on any atom is 0.251 e. The molecule has 2 rings (SSSR count). The highest BCUT2D eigenvalue weighted by Gasteiger charge is 2.14. The number of hydrogen-bond acceptors (Lipinski definition) is 3. The number of aryl methyl sites for hydroxylation is 2. The molecule has 0 aliphatic rings. The third kappa shape index (κ3) is 5.46. The first kappa shape index (κ1) is 18.1. The molecule has 0 saturated carbocycles. The highest BCUT2D eigenvalue weighted by molar-refractivity contribution is 5.94. The van der Waals surface area contributed by atoms with Crippen molar-refractivity contribution in [3.63, 3.8) is 0 Å². The first-order valence-corrected chi connectivity index (χ1v) is 8.30. The van der Waals surface area contributed by atoms with Crippen LogP contribution < -0.4 is 5.32 Å². The summed E-state index contributed by atoms with van der Waals surface area (Å²) in [4.78, 5) is 16.8. The van der Waals surface area contributed by atoms with Crippen molar-refractivity contribution < 1.29 is 9.90 Å². The molecule has 0 fully saturated rings. The molecule has 4 heteroatoms. The summed E-state index contributed by atoms with van der Waals surface area (Å²) in [5, 5.41) is 12.8. The molecule has 1 atom stereocenters. The molecule has 0 radical (unpaired) electrons. The summed E-state index contributed by atoms with van der Waals surface area (Å²) in [5.74, 6) is -0.111. The lowest BCUT2D eigenvalue weighted by atomic mass is 9.98. The molecule has 0 aliphatic carbocycles. The van der Waals surface area contributed by atoms with Gasteiger partial charge in [0, 0.05) is 11.3 Å². The second kappa shape index (κ2) is 7.58. The minimum Gasteiger partial charge on any atom is -0.390 e. The van der Waals surface area contributed by atoms with Crippen LogP contribution in [0.3, 0.4) is 0 Å². The van der Waals surface area contributed by atoms with E-state index in [4.69, 9.17) is 0 Å². The van der Waals surface area contributed by atoms with Gasteiger partial charge in [0.15, 0.2) is 0 Å². The van der Waals surface area contributed by atoms with Crippen molar-refractivity contribution in [1.29, 1.82) is 0 Å². The fourth-order valence-corrected chi connectivity index (χ4v) is 2.43. The average Bonchev–Trinajstić information content (AvgIpc) is 2.52. The topological polar surface area (TPSA) is 62.2 Å². The van der Waals surface area contributed by atoms with Crippen molar-refractivity contribution in [3.8, 4) is 0 Å². The zero-order valence-electron chi connectivity index (χ0n) is 14.8. The Bertz CT molecular complexity index is 688. The third-order valence-corrected chi connectivity index (χ3v) is 3.94. The van der Waals surface area contributed by atoms with Gasteiger partial charge in [0.1, 0.15) is 0 Å². The Hall–Kier alpha value is -2.20. The molecule has 4 nitrogen and oxygen atoms in total. The highest BCUT2D eigenvalue weighted by Crippen LogP contribution is 2.15. The molecule has 1 aromatic heterocycles. The minimum absolute atomic E-state index is 0.111. The molecule has 2 N–H and O–H groups in total. The first-order chi connectivity index (χ1) is 11.2. The van der Waals surface area contributed by atoms with Crippen molar-refractivity contribution in [2.45, 2.75) is 52.2 Å². The largest absolute Gasteiger partial charge is 0.390 e. The number of rotatable bonds is 6. The van der Waals surface area contributed by atoms with Gasteiger partial charge < -0.3 is 10.4 Å². The molecule has 24 heavy (non-hydrogen) atoms. The molecular weight excluding hydrogens is 300 g/mol. The van der Waals surface area contributed by atoms with Crippen LogP contribution in [0.5, 0.6) is 0 Å². The predicted molar refractivity (Wildman–Crippen MR) is 95.9 cm³/mol. The molecule has 1 amide bonds. The number of pyridine rings is 1. The van der Waals surface area contributed by atoms with Crippen LogP contribution in [0.2, 0.25) is 0 Å².